The molecule has 1 atom stereocenters. The van der Waals surface area contributed by atoms with Gasteiger partial charge in [-0.3, -0.25) is 4.90 Å². The molecule has 21 heavy (non-hydrogen) atoms. The van der Waals surface area contributed by atoms with Crippen LogP contribution in [0.4, 0.5) is 0 Å². The standard InChI is InChI=1S/C17H26N2O2/c1-14(19-7-2-3-8-19)12-18-13-15-5-6-16-17(11-15)21-10-4-9-20-16/h5-6,11,14,18H,2-4,7-10,12-13H2,1H3. The molecule has 2 heterocycles. The number of nitrogens with zero attached hydrogens (tertiary/aromatic N) is 1. The Balaban J connectivity index is 1.50. The summed E-state index contributed by atoms with van der Waals surface area (Å²) in [6.07, 6.45) is 3.66. The van der Waals surface area contributed by atoms with Crippen LogP contribution >= 0.6 is 0 Å². The highest BCUT2D eigenvalue weighted by atomic mass is 16.5. The van der Waals surface area contributed by atoms with Crippen LogP contribution in [0.5, 0.6) is 11.5 Å². The molecule has 2 aliphatic rings. The number of likely N-dealkylation sites (tertiary alicyclic amines) is 1. The number of hydrogen-bond acceptors (Lipinski definition) is 4. The second kappa shape index (κ2) is 7.14. The van der Waals surface area contributed by atoms with Gasteiger partial charge in [-0.05, 0) is 50.6 Å². The lowest BCUT2D eigenvalue weighted by Gasteiger charge is -2.24. The van der Waals surface area contributed by atoms with Gasteiger partial charge in [-0.1, -0.05) is 6.07 Å². The Hall–Kier alpha value is -1.26. The second-order valence-electron chi connectivity index (χ2n) is 6.05. The van der Waals surface area contributed by atoms with Crippen LogP contribution in [0.1, 0.15) is 31.7 Å². The minimum atomic E-state index is 0.618. The topological polar surface area (TPSA) is 33.7 Å². The molecule has 0 spiro atoms. The maximum atomic E-state index is 5.74. The predicted molar refractivity (Wildman–Crippen MR) is 84.0 cm³/mol. The Morgan fingerprint density at radius 3 is 2.67 bits per heavy atom. The minimum Gasteiger partial charge on any atom is -0.490 e. The summed E-state index contributed by atoms with van der Waals surface area (Å²) >= 11 is 0. The maximum absolute atomic E-state index is 5.74. The van der Waals surface area contributed by atoms with E-state index < -0.39 is 0 Å². The van der Waals surface area contributed by atoms with E-state index in [4.69, 9.17) is 9.47 Å². The summed E-state index contributed by atoms with van der Waals surface area (Å²) in [4.78, 5) is 2.57. The van der Waals surface area contributed by atoms with E-state index in [1.807, 2.05) is 6.07 Å². The van der Waals surface area contributed by atoms with Crippen LogP contribution in [0, 0.1) is 0 Å². The lowest BCUT2D eigenvalue weighted by Crippen LogP contribution is -2.38. The zero-order valence-corrected chi connectivity index (χ0v) is 12.9. The Morgan fingerprint density at radius 2 is 1.86 bits per heavy atom. The number of ether oxygens (including phenoxy) is 2. The number of nitrogens with one attached hydrogen (secondary N) is 1. The quantitative estimate of drug-likeness (QED) is 0.903. The number of hydrogen-bond donors (Lipinski definition) is 1. The third-order valence-corrected chi connectivity index (χ3v) is 4.34. The molecule has 0 aliphatic carbocycles. The van der Waals surface area contributed by atoms with Crippen LogP contribution in [0.2, 0.25) is 0 Å². The van der Waals surface area contributed by atoms with E-state index in [0.717, 1.165) is 44.2 Å². The number of benzene rings is 1. The SMILES string of the molecule is CC(CNCc1ccc2c(c1)OCCCO2)N1CCCC1. The summed E-state index contributed by atoms with van der Waals surface area (Å²) in [5, 5.41) is 3.56. The van der Waals surface area contributed by atoms with E-state index in [9.17, 15) is 0 Å². The van der Waals surface area contributed by atoms with Gasteiger partial charge in [-0.15, -0.1) is 0 Å². The summed E-state index contributed by atoms with van der Waals surface area (Å²) in [7, 11) is 0. The normalized spacial score (nSPS) is 20.2. The summed E-state index contributed by atoms with van der Waals surface area (Å²) in [6, 6.07) is 6.88. The largest absolute Gasteiger partial charge is 0.490 e. The third kappa shape index (κ3) is 3.89. The van der Waals surface area contributed by atoms with Crippen molar-refractivity contribution >= 4 is 0 Å². The molecule has 116 valence electrons. The van der Waals surface area contributed by atoms with E-state index >= 15 is 0 Å². The summed E-state index contributed by atoms with van der Waals surface area (Å²) < 4.78 is 11.4. The van der Waals surface area contributed by atoms with Crippen LogP contribution in [-0.4, -0.2) is 43.8 Å². The zero-order valence-electron chi connectivity index (χ0n) is 12.9. The van der Waals surface area contributed by atoms with E-state index in [1.165, 1.54) is 31.5 Å². The first kappa shape index (κ1) is 14.7. The monoisotopic (exact) mass is 290 g/mol. The van der Waals surface area contributed by atoms with Gasteiger partial charge >= 0.3 is 0 Å². The van der Waals surface area contributed by atoms with Crippen molar-refractivity contribution in [2.45, 2.75) is 38.8 Å². The third-order valence-electron chi connectivity index (χ3n) is 4.34. The van der Waals surface area contributed by atoms with Gasteiger partial charge in [0.05, 0.1) is 13.2 Å². The fourth-order valence-electron chi connectivity index (χ4n) is 3.05. The maximum Gasteiger partial charge on any atom is 0.161 e. The minimum absolute atomic E-state index is 0.618. The summed E-state index contributed by atoms with van der Waals surface area (Å²) in [5.74, 6) is 1.76. The Bertz CT molecular complexity index is 458. The Morgan fingerprint density at radius 1 is 1.10 bits per heavy atom. The fourth-order valence-corrected chi connectivity index (χ4v) is 3.05. The molecule has 4 heteroatoms. The van der Waals surface area contributed by atoms with Crippen molar-refractivity contribution in [3.05, 3.63) is 23.8 Å². The van der Waals surface area contributed by atoms with Gasteiger partial charge in [0.1, 0.15) is 0 Å². The highest BCUT2D eigenvalue weighted by molar-refractivity contribution is 5.43. The Kier molecular flexibility index (Phi) is 4.99. The molecular formula is C17H26N2O2. The highest BCUT2D eigenvalue weighted by Gasteiger charge is 2.17. The van der Waals surface area contributed by atoms with Gasteiger partial charge in [0.2, 0.25) is 0 Å². The van der Waals surface area contributed by atoms with Gasteiger partial charge in [0.15, 0.2) is 11.5 Å². The van der Waals surface area contributed by atoms with E-state index in [-0.39, 0.29) is 0 Å². The van der Waals surface area contributed by atoms with Crippen molar-refractivity contribution in [1.29, 1.82) is 0 Å². The molecule has 1 fully saturated rings. The van der Waals surface area contributed by atoms with Gasteiger partial charge in [0.25, 0.3) is 0 Å². The summed E-state index contributed by atoms with van der Waals surface area (Å²) in [5.41, 5.74) is 1.26. The Labute approximate surface area is 127 Å². The first-order chi connectivity index (χ1) is 10.3. The molecule has 3 rings (SSSR count). The molecule has 0 amide bonds. The highest BCUT2D eigenvalue weighted by Crippen LogP contribution is 2.30. The molecule has 2 aliphatic heterocycles. The second-order valence-corrected chi connectivity index (χ2v) is 6.05. The zero-order chi connectivity index (χ0) is 14.5. The van der Waals surface area contributed by atoms with Crippen LogP contribution in [0.15, 0.2) is 18.2 Å². The van der Waals surface area contributed by atoms with Crippen molar-refractivity contribution < 1.29 is 9.47 Å². The van der Waals surface area contributed by atoms with Crippen LogP contribution < -0.4 is 14.8 Å². The average molecular weight is 290 g/mol. The van der Waals surface area contributed by atoms with Gasteiger partial charge in [-0.25, -0.2) is 0 Å². The molecule has 1 aromatic carbocycles. The molecule has 4 nitrogen and oxygen atoms in total. The molecule has 1 aromatic rings. The van der Waals surface area contributed by atoms with Gasteiger partial charge < -0.3 is 14.8 Å². The summed E-state index contributed by atoms with van der Waals surface area (Å²) in [6.45, 7) is 8.24. The number of rotatable bonds is 5. The molecule has 1 unspecified atom stereocenters. The first-order valence-electron chi connectivity index (χ1n) is 8.16. The van der Waals surface area contributed by atoms with Crippen LogP contribution in [0.25, 0.3) is 0 Å². The van der Waals surface area contributed by atoms with Crippen LogP contribution in [-0.2, 0) is 6.54 Å². The lowest BCUT2D eigenvalue weighted by atomic mass is 10.2. The predicted octanol–water partition coefficient (Wildman–Crippen LogP) is 2.42. The van der Waals surface area contributed by atoms with Crippen LogP contribution in [0.3, 0.4) is 0 Å². The van der Waals surface area contributed by atoms with Gasteiger partial charge in [-0.2, -0.15) is 0 Å². The van der Waals surface area contributed by atoms with Gasteiger partial charge in [0, 0.05) is 25.6 Å². The molecule has 0 radical (unpaired) electrons. The molecule has 0 saturated carbocycles. The van der Waals surface area contributed by atoms with E-state index in [1.54, 1.807) is 0 Å². The molecule has 1 saturated heterocycles. The molecule has 1 N–H and O–H groups in total. The first-order valence-corrected chi connectivity index (χ1v) is 8.16. The van der Waals surface area contributed by atoms with Crippen molar-refractivity contribution in [3.63, 3.8) is 0 Å². The van der Waals surface area contributed by atoms with Crippen molar-refractivity contribution in [2.75, 3.05) is 32.8 Å². The van der Waals surface area contributed by atoms with E-state index in [0.29, 0.717) is 6.04 Å². The van der Waals surface area contributed by atoms with Crippen molar-refractivity contribution in [3.8, 4) is 11.5 Å². The molecular weight excluding hydrogens is 264 g/mol. The molecule has 0 aromatic heterocycles. The average Bonchev–Trinajstić information content (AvgIpc) is 2.93. The van der Waals surface area contributed by atoms with Crippen molar-refractivity contribution in [2.24, 2.45) is 0 Å². The van der Waals surface area contributed by atoms with Crippen molar-refractivity contribution in [1.82, 2.24) is 10.2 Å². The fraction of sp³-hybridized carbons (Fsp3) is 0.647. The smallest absolute Gasteiger partial charge is 0.161 e. The lowest BCUT2D eigenvalue weighted by molar-refractivity contribution is 0.251. The number of fused-ring (bicyclic) bond motifs is 1. The molecule has 0 bridgehead atoms. The van der Waals surface area contributed by atoms with E-state index in [2.05, 4.69) is 29.3 Å².